The number of nitrogens with one attached hydrogen (secondary N) is 1. The van der Waals surface area contributed by atoms with E-state index in [1.807, 2.05) is 24.0 Å². The maximum atomic E-state index is 14.5. The minimum Gasteiger partial charge on any atom is -0.350 e. The highest BCUT2D eigenvalue weighted by molar-refractivity contribution is 6.21. The van der Waals surface area contributed by atoms with Crippen LogP contribution in [-0.2, 0) is 18.4 Å². The van der Waals surface area contributed by atoms with E-state index < -0.39 is 6.17 Å². The van der Waals surface area contributed by atoms with Gasteiger partial charge < -0.3 is 14.0 Å². The summed E-state index contributed by atoms with van der Waals surface area (Å²) in [5, 5.41) is 5.86. The third-order valence-electron chi connectivity index (χ3n) is 7.47. The van der Waals surface area contributed by atoms with Gasteiger partial charge >= 0.3 is 0 Å². The van der Waals surface area contributed by atoms with Crippen molar-refractivity contribution in [1.82, 2.24) is 24.4 Å². The number of benzene rings is 2. The van der Waals surface area contributed by atoms with Crippen molar-refractivity contribution in [1.29, 1.82) is 0 Å². The predicted molar refractivity (Wildman–Crippen MR) is 141 cm³/mol. The number of anilines is 1. The molecule has 2 aromatic heterocycles. The van der Waals surface area contributed by atoms with Gasteiger partial charge in [0.1, 0.15) is 11.6 Å². The zero-order valence-corrected chi connectivity index (χ0v) is 20.9. The van der Waals surface area contributed by atoms with E-state index in [0.29, 0.717) is 27.9 Å². The second kappa shape index (κ2) is 9.28. The summed E-state index contributed by atoms with van der Waals surface area (Å²) in [5.41, 5.74) is 5.97. The van der Waals surface area contributed by atoms with Gasteiger partial charge in [0.15, 0.2) is 18.3 Å². The van der Waals surface area contributed by atoms with E-state index in [0.717, 1.165) is 56.6 Å². The van der Waals surface area contributed by atoms with Crippen molar-refractivity contribution >= 4 is 39.6 Å². The smallest absolute Gasteiger partial charge is 0.177 e. The molecule has 0 amide bonds. The fourth-order valence-electron chi connectivity index (χ4n) is 5.41. The van der Waals surface area contributed by atoms with Crippen molar-refractivity contribution in [3.63, 3.8) is 0 Å². The lowest BCUT2D eigenvalue weighted by Crippen LogP contribution is -2.45. The van der Waals surface area contributed by atoms with Crippen molar-refractivity contribution in [3.8, 4) is 0 Å². The number of hydrogen-bond acceptors (Lipinski definition) is 6. The molecule has 37 heavy (non-hydrogen) atoms. The molecule has 0 bridgehead atoms. The maximum Gasteiger partial charge on any atom is 0.177 e. The number of nitrogens with zero attached hydrogens (tertiary/aromatic N) is 6. The van der Waals surface area contributed by atoms with E-state index in [4.69, 9.17) is 0 Å². The van der Waals surface area contributed by atoms with Crippen molar-refractivity contribution in [2.45, 2.75) is 12.7 Å². The number of carbonyl (C=O) groups excluding carboxylic acids is 1. The average Bonchev–Trinajstić information content (AvgIpc) is 3.56. The Morgan fingerprint density at radius 2 is 1.65 bits per heavy atom. The number of halogens is 2. The highest BCUT2D eigenvalue weighted by Crippen LogP contribution is 2.35. The van der Waals surface area contributed by atoms with Gasteiger partial charge in [-0.3, -0.25) is 20.0 Å². The minimum absolute atomic E-state index is 0.354. The molecule has 0 saturated carbocycles. The second-order valence-electron chi connectivity index (χ2n) is 9.84. The molecule has 10 heteroatoms. The number of amidine groups is 1. The van der Waals surface area contributed by atoms with Crippen LogP contribution >= 0.6 is 0 Å². The van der Waals surface area contributed by atoms with E-state index in [1.165, 1.54) is 24.3 Å². The van der Waals surface area contributed by atoms with Crippen LogP contribution in [0.5, 0.6) is 0 Å². The number of likely N-dealkylation sites (N-methyl/N-ethyl adjacent to an activating group) is 1. The number of hydrogen-bond donors (Lipinski definition) is 1. The first-order valence-electron chi connectivity index (χ1n) is 12.4. The number of carbonyl (C=O) groups is 1. The number of fused-ring (bicyclic) bond motifs is 2. The molecular formula is C27H29F2N7O. The fraction of sp³-hybridized carbons (Fsp3) is 0.333. The average molecular weight is 506 g/mol. The Morgan fingerprint density at radius 3 is 2.38 bits per heavy atom. The molecular weight excluding hydrogens is 476 g/mol. The van der Waals surface area contributed by atoms with Gasteiger partial charge in [-0.05, 0) is 43.4 Å². The van der Waals surface area contributed by atoms with Gasteiger partial charge in [0.05, 0.1) is 11.2 Å². The minimum atomic E-state index is -0.779. The Balaban J connectivity index is 1.42. The standard InChI is InChI=1S/C27H29F2N7O/c1-32-7-9-34(10-8-32)11-12-35-16-25(21-14-19(29)4-6-24(21)35)36-26(17-37)30-31-27(36)22-15-33(2)23-5-3-18(28)13-20(22)23/h3-6,13-17,26,30H,7-12H2,1-2H3. The van der Waals surface area contributed by atoms with Crippen LogP contribution in [0.1, 0.15) is 5.56 Å². The summed E-state index contributed by atoms with van der Waals surface area (Å²) in [6.07, 6.45) is 3.83. The summed E-state index contributed by atoms with van der Waals surface area (Å²) >= 11 is 0. The Kier molecular flexibility index (Phi) is 5.92. The highest BCUT2D eigenvalue weighted by Gasteiger charge is 2.34. The molecule has 0 radical (unpaired) electrons. The van der Waals surface area contributed by atoms with E-state index in [-0.39, 0.29) is 11.6 Å². The van der Waals surface area contributed by atoms with Crippen molar-refractivity contribution in [2.75, 3.05) is 44.7 Å². The lowest BCUT2D eigenvalue weighted by atomic mass is 10.1. The third-order valence-corrected chi connectivity index (χ3v) is 7.47. The summed E-state index contributed by atoms with van der Waals surface area (Å²) < 4.78 is 32.7. The summed E-state index contributed by atoms with van der Waals surface area (Å²) in [7, 11) is 4.02. The molecule has 1 N–H and O–H groups in total. The zero-order valence-electron chi connectivity index (χ0n) is 20.9. The number of piperazine rings is 1. The summed E-state index contributed by atoms with van der Waals surface area (Å²) in [5.74, 6) is -0.227. The first kappa shape index (κ1) is 23.6. The maximum absolute atomic E-state index is 14.5. The molecule has 6 rings (SSSR count). The van der Waals surface area contributed by atoms with E-state index in [9.17, 15) is 13.6 Å². The van der Waals surface area contributed by atoms with Crippen LogP contribution in [-0.4, -0.2) is 77.0 Å². The molecule has 8 nitrogen and oxygen atoms in total. The van der Waals surface area contributed by atoms with Gasteiger partial charge in [0.25, 0.3) is 0 Å². The lowest BCUT2D eigenvalue weighted by Gasteiger charge is -2.32. The lowest BCUT2D eigenvalue weighted by molar-refractivity contribution is -0.109. The number of aryl methyl sites for hydroxylation is 1. The zero-order chi connectivity index (χ0) is 25.7. The van der Waals surface area contributed by atoms with E-state index >= 15 is 0 Å². The van der Waals surface area contributed by atoms with Gasteiger partial charge in [-0.1, -0.05) is 0 Å². The van der Waals surface area contributed by atoms with E-state index in [1.54, 1.807) is 17.0 Å². The van der Waals surface area contributed by atoms with Crippen LogP contribution < -0.4 is 10.3 Å². The fourth-order valence-corrected chi connectivity index (χ4v) is 5.41. The topological polar surface area (TPSA) is 61.0 Å². The Labute approximate surface area is 213 Å². The largest absolute Gasteiger partial charge is 0.350 e. The van der Waals surface area contributed by atoms with Crippen molar-refractivity contribution in [2.24, 2.45) is 12.1 Å². The third kappa shape index (κ3) is 4.15. The molecule has 4 aromatic rings. The van der Waals surface area contributed by atoms with Crippen LogP contribution in [0.15, 0.2) is 53.9 Å². The quantitative estimate of drug-likeness (QED) is 0.409. The molecule has 192 valence electrons. The molecule has 0 aliphatic carbocycles. The second-order valence-corrected chi connectivity index (χ2v) is 9.84. The molecule has 2 aliphatic rings. The molecule has 2 aromatic carbocycles. The van der Waals surface area contributed by atoms with Crippen molar-refractivity contribution in [3.05, 3.63) is 66.0 Å². The van der Waals surface area contributed by atoms with Gasteiger partial charge in [-0.2, -0.15) is 5.10 Å². The Morgan fingerprint density at radius 1 is 0.946 bits per heavy atom. The number of hydrazone groups is 1. The van der Waals surface area contributed by atoms with Gasteiger partial charge in [0, 0.05) is 80.6 Å². The SMILES string of the molecule is CN1CCN(CCn2cc(N3C(c4cn(C)c5ccc(F)cc45)=NNC3C=O)c3cc(F)ccc32)CC1. The Bertz CT molecular complexity index is 1520. The monoisotopic (exact) mass is 505 g/mol. The number of aldehydes is 1. The van der Waals surface area contributed by atoms with Crippen LogP contribution in [0.4, 0.5) is 14.5 Å². The van der Waals surface area contributed by atoms with Crippen LogP contribution in [0, 0.1) is 11.6 Å². The summed E-state index contributed by atoms with van der Waals surface area (Å²) in [6, 6.07) is 9.35. The van der Waals surface area contributed by atoms with Gasteiger partial charge in [-0.25, -0.2) is 8.78 Å². The summed E-state index contributed by atoms with van der Waals surface area (Å²) in [6.45, 7) is 5.69. The first-order valence-corrected chi connectivity index (χ1v) is 12.4. The van der Waals surface area contributed by atoms with Crippen molar-refractivity contribution < 1.29 is 13.6 Å². The molecule has 0 spiro atoms. The first-order chi connectivity index (χ1) is 17.9. The molecule has 4 heterocycles. The highest BCUT2D eigenvalue weighted by atomic mass is 19.1. The molecule has 2 aliphatic heterocycles. The van der Waals surface area contributed by atoms with Crippen LogP contribution in [0.25, 0.3) is 21.8 Å². The van der Waals surface area contributed by atoms with Crippen LogP contribution in [0.2, 0.25) is 0 Å². The Hall–Kier alpha value is -3.76. The molecule has 1 fully saturated rings. The molecule has 1 atom stereocenters. The van der Waals surface area contributed by atoms with Gasteiger partial charge in [-0.15, -0.1) is 0 Å². The normalized spacial score (nSPS) is 19.1. The number of rotatable bonds is 6. The molecule has 1 saturated heterocycles. The van der Waals surface area contributed by atoms with E-state index in [2.05, 4.69) is 31.9 Å². The summed E-state index contributed by atoms with van der Waals surface area (Å²) in [4.78, 5) is 18.7. The van der Waals surface area contributed by atoms with Crippen LogP contribution in [0.3, 0.4) is 0 Å². The molecule has 1 unspecified atom stereocenters. The number of aromatic nitrogens is 2. The van der Waals surface area contributed by atoms with Gasteiger partial charge in [0.2, 0.25) is 0 Å². The predicted octanol–water partition coefficient (Wildman–Crippen LogP) is 2.96.